The quantitative estimate of drug-likeness (QED) is 0.763. The Morgan fingerprint density at radius 1 is 1.03 bits per heavy atom. The molecule has 3 aliphatic heterocycles. The molecule has 3 heterocycles. The van der Waals surface area contributed by atoms with E-state index in [1.165, 1.54) is 32.4 Å². The van der Waals surface area contributed by atoms with Crippen LogP contribution in [-0.4, -0.2) is 71.5 Å². The Kier molecular flexibility index (Phi) is 6.70. The van der Waals surface area contributed by atoms with E-state index in [1.807, 2.05) is 30.3 Å². The average molecular weight is 400 g/mol. The molecule has 158 valence electrons. The fourth-order valence-electron chi connectivity index (χ4n) is 5.03. The van der Waals surface area contributed by atoms with Gasteiger partial charge in [0.25, 0.3) is 0 Å². The molecule has 3 fully saturated rings. The zero-order chi connectivity index (χ0) is 20.1. The van der Waals surface area contributed by atoms with Gasteiger partial charge in [-0.2, -0.15) is 0 Å². The summed E-state index contributed by atoms with van der Waals surface area (Å²) in [6, 6.07) is 10.2. The molecule has 29 heavy (non-hydrogen) atoms. The van der Waals surface area contributed by atoms with Gasteiger partial charge in [-0.25, -0.2) is 4.79 Å². The van der Waals surface area contributed by atoms with E-state index < -0.39 is 0 Å². The zero-order valence-electron chi connectivity index (χ0n) is 17.3. The van der Waals surface area contributed by atoms with Crippen LogP contribution in [0.4, 0.5) is 4.79 Å². The molecule has 0 radical (unpaired) electrons. The number of fused-ring (bicyclic) bond motifs is 1. The van der Waals surface area contributed by atoms with Crippen molar-refractivity contribution >= 4 is 12.0 Å². The van der Waals surface area contributed by atoms with Crippen LogP contribution in [0.2, 0.25) is 0 Å². The van der Waals surface area contributed by atoms with Crippen molar-refractivity contribution in [3.8, 4) is 0 Å². The fraction of sp³-hybridized carbons (Fsp3) is 0.652. The maximum Gasteiger partial charge on any atom is 0.410 e. The van der Waals surface area contributed by atoms with Gasteiger partial charge in [-0.3, -0.25) is 4.79 Å². The van der Waals surface area contributed by atoms with E-state index in [4.69, 9.17) is 4.74 Å². The third-order valence-electron chi connectivity index (χ3n) is 6.63. The van der Waals surface area contributed by atoms with Crippen LogP contribution in [0.5, 0.6) is 0 Å². The molecule has 6 nitrogen and oxygen atoms in total. The number of amides is 2. The Morgan fingerprint density at radius 2 is 1.83 bits per heavy atom. The lowest BCUT2D eigenvalue weighted by atomic mass is 10.1. The van der Waals surface area contributed by atoms with Crippen LogP contribution >= 0.6 is 0 Å². The van der Waals surface area contributed by atoms with Crippen molar-refractivity contribution in [3.63, 3.8) is 0 Å². The van der Waals surface area contributed by atoms with Crippen molar-refractivity contribution < 1.29 is 14.3 Å². The molecule has 2 amide bonds. The van der Waals surface area contributed by atoms with E-state index in [2.05, 4.69) is 9.80 Å². The van der Waals surface area contributed by atoms with Crippen molar-refractivity contribution in [1.82, 2.24) is 14.7 Å². The van der Waals surface area contributed by atoms with Gasteiger partial charge in [0.2, 0.25) is 5.91 Å². The molecule has 4 rings (SSSR count). The molecule has 0 saturated carbocycles. The molecular weight excluding hydrogens is 366 g/mol. The lowest BCUT2D eigenvalue weighted by molar-refractivity contribution is -0.133. The topological polar surface area (TPSA) is 53.1 Å². The smallest absolute Gasteiger partial charge is 0.410 e. The Bertz CT molecular complexity index is 690. The summed E-state index contributed by atoms with van der Waals surface area (Å²) in [6.45, 7) is 4.81. The predicted molar refractivity (Wildman–Crippen MR) is 111 cm³/mol. The largest absolute Gasteiger partial charge is 0.445 e. The van der Waals surface area contributed by atoms with Gasteiger partial charge in [-0.15, -0.1) is 0 Å². The van der Waals surface area contributed by atoms with Crippen molar-refractivity contribution in [2.75, 3.05) is 32.7 Å². The van der Waals surface area contributed by atoms with Gasteiger partial charge in [0.1, 0.15) is 6.61 Å². The highest BCUT2D eigenvalue weighted by molar-refractivity contribution is 5.79. The third-order valence-corrected chi connectivity index (χ3v) is 6.63. The van der Waals surface area contributed by atoms with E-state index in [-0.39, 0.29) is 24.6 Å². The van der Waals surface area contributed by atoms with Crippen LogP contribution in [0.1, 0.15) is 50.5 Å². The minimum Gasteiger partial charge on any atom is -0.445 e. The van der Waals surface area contributed by atoms with E-state index in [0.29, 0.717) is 25.6 Å². The van der Waals surface area contributed by atoms with E-state index in [9.17, 15) is 9.59 Å². The highest BCUT2D eigenvalue weighted by Gasteiger charge is 2.40. The summed E-state index contributed by atoms with van der Waals surface area (Å²) in [5.41, 5.74) is 0.979. The third kappa shape index (κ3) is 5.10. The summed E-state index contributed by atoms with van der Waals surface area (Å²) in [6.07, 6.45) is 7.14. The second kappa shape index (κ2) is 9.61. The lowest BCUT2D eigenvalue weighted by Gasteiger charge is -2.32. The first-order valence-electron chi connectivity index (χ1n) is 11.2. The Hall–Kier alpha value is -2.08. The predicted octanol–water partition coefficient (Wildman–Crippen LogP) is 3.26. The number of hydrogen-bond acceptors (Lipinski definition) is 4. The van der Waals surface area contributed by atoms with E-state index in [1.54, 1.807) is 4.90 Å². The number of carbonyl (C=O) groups is 2. The molecule has 1 aromatic rings. The van der Waals surface area contributed by atoms with Crippen molar-refractivity contribution in [3.05, 3.63) is 35.9 Å². The summed E-state index contributed by atoms with van der Waals surface area (Å²) >= 11 is 0. The normalized spacial score (nSPS) is 25.6. The Morgan fingerprint density at radius 3 is 2.62 bits per heavy atom. The van der Waals surface area contributed by atoms with Gasteiger partial charge in [0.15, 0.2) is 0 Å². The molecule has 0 N–H and O–H groups in total. The van der Waals surface area contributed by atoms with Gasteiger partial charge in [0, 0.05) is 38.1 Å². The summed E-state index contributed by atoms with van der Waals surface area (Å²) in [7, 11) is 0. The maximum atomic E-state index is 12.8. The number of likely N-dealkylation sites (tertiary alicyclic amines) is 1. The van der Waals surface area contributed by atoms with Gasteiger partial charge >= 0.3 is 6.09 Å². The summed E-state index contributed by atoms with van der Waals surface area (Å²) in [5, 5.41) is 0. The number of hydrogen-bond donors (Lipinski definition) is 0. The first kappa shape index (κ1) is 20.2. The molecule has 0 spiro atoms. The summed E-state index contributed by atoms with van der Waals surface area (Å²) in [5.74, 6) is 0.203. The number of carbonyl (C=O) groups excluding carboxylic acids is 2. The minimum absolute atomic E-state index is 0.139. The number of nitrogens with zero attached hydrogens (tertiary/aromatic N) is 3. The van der Waals surface area contributed by atoms with Gasteiger partial charge in [-0.1, -0.05) is 36.8 Å². The molecular formula is C23H33N3O3. The molecule has 1 aromatic carbocycles. The molecule has 3 aliphatic rings. The second-order valence-corrected chi connectivity index (χ2v) is 8.61. The van der Waals surface area contributed by atoms with Crippen LogP contribution in [0.15, 0.2) is 30.3 Å². The standard InChI is InChI=1S/C23H33N3O3/c27-22-12-16-25(23(28)29-18-19-7-3-1-4-8-19)17-21-10-9-20(26(21)22)11-15-24-13-5-2-6-14-24/h1,3-4,7-8,20-21H,2,5-6,9-18H2/t20-,21+/m1/s1. The van der Waals surface area contributed by atoms with Crippen LogP contribution in [0.3, 0.4) is 0 Å². The number of piperidine rings is 1. The minimum atomic E-state index is -0.305. The van der Waals surface area contributed by atoms with Gasteiger partial charge in [-0.05, 0) is 50.8 Å². The summed E-state index contributed by atoms with van der Waals surface area (Å²) < 4.78 is 5.51. The molecule has 0 bridgehead atoms. The van der Waals surface area contributed by atoms with E-state index >= 15 is 0 Å². The van der Waals surface area contributed by atoms with E-state index in [0.717, 1.165) is 31.4 Å². The number of ether oxygens (including phenoxy) is 1. The number of benzene rings is 1. The molecule has 3 saturated heterocycles. The molecule has 0 aliphatic carbocycles. The Balaban J connectivity index is 1.30. The highest BCUT2D eigenvalue weighted by atomic mass is 16.6. The molecule has 0 aromatic heterocycles. The maximum absolute atomic E-state index is 12.8. The van der Waals surface area contributed by atoms with Crippen LogP contribution in [-0.2, 0) is 16.1 Å². The molecule has 2 atom stereocenters. The van der Waals surface area contributed by atoms with Gasteiger partial charge < -0.3 is 19.4 Å². The first-order valence-corrected chi connectivity index (χ1v) is 11.2. The van der Waals surface area contributed by atoms with Crippen molar-refractivity contribution in [2.24, 2.45) is 0 Å². The number of rotatable bonds is 5. The van der Waals surface area contributed by atoms with Crippen LogP contribution in [0, 0.1) is 0 Å². The molecule has 6 heteroatoms. The fourth-order valence-corrected chi connectivity index (χ4v) is 5.03. The van der Waals surface area contributed by atoms with Gasteiger partial charge in [0.05, 0.1) is 0 Å². The van der Waals surface area contributed by atoms with Crippen LogP contribution < -0.4 is 0 Å². The summed E-state index contributed by atoms with van der Waals surface area (Å²) in [4.78, 5) is 31.8. The Labute approximate surface area is 173 Å². The molecule has 0 unspecified atom stereocenters. The SMILES string of the molecule is O=C(OCc1ccccc1)N1CCC(=O)N2[C@@H](CCN3CCCCC3)CC[C@H]2C1. The second-order valence-electron chi connectivity index (χ2n) is 8.61. The lowest BCUT2D eigenvalue weighted by Crippen LogP contribution is -2.45. The zero-order valence-corrected chi connectivity index (χ0v) is 17.3. The monoisotopic (exact) mass is 399 g/mol. The van der Waals surface area contributed by atoms with Crippen molar-refractivity contribution in [1.29, 1.82) is 0 Å². The highest BCUT2D eigenvalue weighted by Crippen LogP contribution is 2.30. The average Bonchev–Trinajstić information content (AvgIpc) is 3.09. The van der Waals surface area contributed by atoms with Crippen molar-refractivity contribution in [2.45, 2.75) is 63.6 Å². The first-order chi connectivity index (χ1) is 14.2. The van der Waals surface area contributed by atoms with Crippen LogP contribution in [0.25, 0.3) is 0 Å².